The van der Waals surface area contributed by atoms with Crippen LogP contribution in [0.3, 0.4) is 0 Å². The number of benzene rings is 1. The van der Waals surface area contributed by atoms with Gasteiger partial charge in [-0.15, -0.1) is 0 Å². The molecule has 0 saturated carbocycles. The van der Waals surface area contributed by atoms with E-state index in [1.54, 1.807) is 0 Å². The molecule has 0 fully saturated rings. The molecule has 1 heterocycles. The highest BCUT2D eigenvalue weighted by molar-refractivity contribution is 6.31. The van der Waals surface area contributed by atoms with Crippen molar-refractivity contribution in [3.8, 4) is 5.75 Å². The van der Waals surface area contributed by atoms with Crippen molar-refractivity contribution < 1.29 is 9.53 Å². The highest BCUT2D eigenvalue weighted by atomic mass is 35.5. The Morgan fingerprint density at radius 1 is 0.696 bits per heavy atom. The molecule has 0 atom stereocenters. The maximum absolute atomic E-state index is 12.3. The molecule has 15 nitrogen and oxygen atoms in total. The van der Waals surface area contributed by atoms with E-state index in [0.29, 0.717) is 13.2 Å². The largest absolute Gasteiger partial charge is 0.492 e. The van der Waals surface area contributed by atoms with Crippen molar-refractivity contribution in [1.82, 2.24) is 56.6 Å². The summed E-state index contributed by atoms with van der Waals surface area (Å²) in [6.07, 6.45) is 10.9. The number of hydrogen-bond donors (Lipinski definition) is 8. The van der Waals surface area contributed by atoms with Gasteiger partial charge in [-0.3, -0.25) is 20.4 Å². The third kappa shape index (κ3) is 23.2. The number of unbranched alkanes of at least 4 members (excludes halogenated alkanes) is 1. The molecule has 1 amide bonds. The van der Waals surface area contributed by atoms with Crippen molar-refractivity contribution in [2.24, 2.45) is 0 Å². The predicted molar refractivity (Wildman–Crippen MR) is 232 cm³/mol. The first-order valence-electron chi connectivity index (χ1n) is 20.7. The van der Waals surface area contributed by atoms with E-state index in [1.807, 2.05) is 28.2 Å². The summed E-state index contributed by atoms with van der Waals surface area (Å²) < 4.78 is 6.27. The molecule has 0 saturated heterocycles. The number of nitrogen functional groups attached to an aromatic ring is 1. The summed E-state index contributed by atoms with van der Waals surface area (Å²) in [5.74, 6) is 0.267. The van der Waals surface area contributed by atoms with Crippen LogP contribution in [0.1, 0.15) is 67.4 Å². The van der Waals surface area contributed by atoms with Crippen LogP contribution in [0.4, 0.5) is 5.82 Å². The van der Waals surface area contributed by atoms with Gasteiger partial charge in [0.25, 0.3) is 5.91 Å². The van der Waals surface area contributed by atoms with Gasteiger partial charge in [-0.2, -0.15) is 0 Å². The van der Waals surface area contributed by atoms with Crippen molar-refractivity contribution in [2.75, 3.05) is 132 Å². The lowest BCUT2D eigenvalue weighted by molar-refractivity contribution is 0.0970. The average molecular weight is 805 g/mol. The lowest BCUT2D eigenvalue weighted by atomic mass is 10.1. The molecule has 2 aromatic rings. The number of halogens is 1. The molecule has 318 valence electrons. The molecule has 1 aromatic heterocycles. The van der Waals surface area contributed by atoms with E-state index in [-0.39, 0.29) is 22.6 Å². The normalized spacial score (nSPS) is 11.5. The smallest absolute Gasteiger partial charge is 0.278 e. The Morgan fingerprint density at radius 2 is 1.18 bits per heavy atom. The zero-order valence-electron chi connectivity index (χ0n) is 34.9. The van der Waals surface area contributed by atoms with Gasteiger partial charge in [0, 0.05) is 13.1 Å². The number of aromatic nitrogens is 2. The number of aryl methyl sites for hydroxylation is 1. The van der Waals surface area contributed by atoms with Crippen LogP contribution in [-0.4, -0.2) is 163 Å². The third-order valence-corrected chi connectivity index (χ3v) is 9.80. The van der Waals surface area contributed by atoms with Gasteiger partial charge in [-0.25, -0.2) is 9.97 Å². The van der Waals surface area contributed by atoms with E-state index in [9.17, 15) is 4.79 Å². The third-order valence-electron chi connectivity index (χ3n) is 9.52. The van der Waals surface area contributed by atoms with Gasteiger partial charge in [-0.05, 0) is 182 Å². The van der Waals surface area contributed by atoms with Gasteiger partial charge < -0.3 is 46.9 Å². The number of hydrogen-bond acceptors (Lipinski definition) is 13. The molecule has 9 N–H and O–H groups in total. The summed E-state index contributed by atoms with van der Waals surface area (Å²) in [5.41, 5.74) is 6.78. The van der Waals surface area contributed by atoms with Crippen LogP contribution in [-0.2, 0) is 6.42 Å². The van der Waals surface area contributed by atoms with Gasteiger partial charge >= 0.3 is 0 Å². The second kappa shape index (κ2) is 31.9. The van der Waals surface area contributed by atoms with E-state index in [0.717, 1.165) is 123 Å². The van der Waals surface area contributed by atoms with Crippen LogP contribution in [0, 0.1) is 5.41 Å². The van der Waals surface area contributed by atoms with Crippen molar-refractivity contribution >= 4 is 29.3 Å². The van der Waals surface area contributed by atoms with Gasteiger partial charge in [0.1, 0.15) is 18.1 Å². The Bertz CT molecular complexity index is 1260. The van der Waals surface area contributed by atoms with Crippen molar-refractivity contribution in [3.05, 3.63) is 46.9 Å². The first-order chi connectivity index (χ1) is 27.3. The molecule has 0 unspecified atom stereocenters. The minimum atomic E-state index is -0.574. The van der Waals surface area contributed by atoms with Gasteiger partial charge in [0.05, 0.1) is 6.20 Å². The van der Waals surface area contributed by atoms with Crippen LogP contribution in [0.5, 0.6) is 5.75 Å². The lowest BCUT2D eigenvalue weighted by Gasteiger charge is -2.27. The van der Waals surface area contributed by atoms with E-state index < -0.39 is 5.91 Å². The molecular formula is C40H74ClN13O2. The van der Waals surface area contributed by atoms with Crippen LogP contribution < -0.4 is 42.4 Å². The minimum Gasteiger partial charge on any atom is -0.492 e. The molecule has 16 heteroatoms. The van der Waals surface area contributed by atoms with E-state index in [4.69, 9.17) is 27.5 Å². The summed E-state index contributed by atoms with van der Waals surface area (Å²) >= 11 is 5.84. The fraction of sp³-hybridized carbons (Fsp3) is 0.700. The maximum Gasteiger partial charge on any atom is 0.278 e. The number of rotatable bonds is 34. The van der Waals surface area contributed by atoms with Crippen LogP contribution in [0.15, 0.2) is 30.5 Å². The standard InChI is InChI=1S/C40H74ClN13O2/c1-44-18-7-23-52(24-8-19-45-2)27-11-29-54(30-12-28-53(25-9-20-46-3)26-10-21-47-4)31-32-56-35-16-14-34(15-17-35)13-5-6-22-48-40(43)51-39(55)36-33-49-38(42)37(41)50-36/h14-17,33,44-47H,5-13,18-32H2,1-4H3,(H2,42,49)(H3,43,48,51,55). The molecular weight excluding hydrogens is 730 g/mol. The van der Waals surface area contributed by atoms with Crippen molar-refractivity contribution in [1.29, 1.82) is 5.41 Å². The quantitative estimate of drug-likeness (QED) is 0.0294. The number of nitrogens with zero attached hydrogens (tertiary/aromatic N) is 5. The number of ether oxygens (including phenoxy) is 1. The molecule has 0 radical (unpaired) electrons. The number of carbonyl (C=O) groups excluding carboxylic acids is 1. The van der Waals surface area contributed by atoms with E-state index in [1.165, 1.54) is 37.4 Å². The Labute approximate surface area is 342 Å². The number of anilines is 1. The first kappa shape index (κ1) is 49.0. The second-order valence-electron chi connectivity index (χ2n) is 14.2. The van der Waals surface area contributed by atoms with Gasteiger partial charge in [-0.1, -0.05) is 23.7 Å². The zero-order valence-corrected chi connectivity index (χ0v) is 35.6. The van der Waals surface area contributed by atoms with E-state index in [2.05, 4.69) is 80.8 Å². The Balaban J connectivity index is 1.82. The fourth-order valence-corrected chi connectivity index (χ4v) is 6.52. The molecule has 2 rings (SSSR count). The number of amides is 1. The topological polar surface area (TPSA) is 184 Å². The SMILES string of the molecule is CNCCCN(CCCNC)CCCN(CCCN(CCCNC)CCCNC)CCOc1ccc(CCCCNC(=N)NC(=O)c2cnc(N)c(Cl)n2)cc1. The Morgan fingerprint density at radius 3 is 1.66 bits per heavy atom. The second-order valence-corrected chi connectivity index (χ2v) is 14.6. The molecule has 56 heavy (non-hydrogen) atoms. The summed E-state index contributed by atoms with van der Waals surface area (Å²) in [6, 6.07) is 8.40. The highest BCUT2D eigenvalue weighted by Gasteiger charge is 2.13. The molecule has 1 aromatic carbocycles. The molecule has 0 aliphatic rings. The fourth-order valence-electron chi connectivity index (χ4n) is 6.38. The molecule has 0 aliphatic heterocycles. The Kier molecular flexibility index (Phi) is 27.9. The van der Waals surface area contributed by atoms with Gasteiger partial charge in [0.2, 0.25) is 0 Å². The average Bonchev–Trinajstić information content (AvgIpc) is 3.19. The number of guanidine groups is 1. The van der Waals surface area contributed by atoms with Crippen molar-refractivity contribution in [3.63, 3.8) is 0 Å². The number of nitrogens with two attached hydrogens (primary N) is 1. The number of carbonyl (C=O) groups is 1. The summed E-state index contributed by atoms with van der Waals surface area (Å²) in [5, 5.41) is 26.5. The molecule has 0 spiro atoms. The summed E-state index contributed by atoms with van der Waals surface area (Å²) in [4.78, 5) is 27.9. The molecule has 0 aliphatic carbocycles. The summed E-state index contributed by atoms with van der Waals surface area (Å²) in [6.45, 7) is 15.3. The number of nitrogens with one attached hydrogen (secondary N) is 7. The first-order valence-corrected chi connectivity index (χ1v) is 21.1. The molecule has 0 bridgehead atoms. The monoisotopic (exact) mass is 804 g/mol. The summed E-state index contributed by atoms with van der Waals surface area (Å²) in [7, 11) is 8.13. The van der Waals surface area contributed by atoms with Crippen LogP contribution in [0.25, 0.3) is 0 Å². The maximum atomic E-state index is 12.3. The van der Waals surface area contributed by atoms with Crippen molar-refractivity contribution in [2.45, 2.75) is 57.8 Å². The van der Waals surface area contributed by atoms with E-state index >= 15 is 0 Å². The predicted octanol–water partition coefficient (Wildman–Crippen LogP) is 2.49. The zero-order chi connectivity index (χ0) is 40.6. The Hall–Kier alpha value is -3.15. The van der Waals surface area contributed by atoms with Crippen LogP contribution in [0.2, 0.25) is 5.15 Å². The lowest BCUT2D eigenvalue weighted by Crippen LogP contribution is -2.40. The minimum absolute atomic E-state index is 0.00491. The van der Waals surface area contributed by atoms with Crippen LogP contribution >= 0.6 is 11.6 Å². The van der Waals surface area contributed by atoms with Gasteiger partial charge in [0.15, 0.2) is 16.9 Å². The highest BCUT2D eigenvalue weighted by Crippen LogP contribution is 2.15.